The van der Waals surface area contributed by atoms with Crippen molar-refractivity contribution in [1.82, 2.24) is 5.32 Å². The lowest BCUT2D eigenvalue weighted by molar-refractivity contribution is 0.238. The fourth-order valence-corrected chi connectivity index (χ4v) is 1.77. The Morgan fingerprint density at radius 3 is 2.50 bits per heavy atom. The van der Waals surface area contributed by atoms with Crippen molar-refractivity contribution in [2.24, 2.45) is 0 Å². The number of ether oxygens (including phenoxy) is 1. The molecule has 1 aromatic rings. The van der Waals surface area contributed by atoms with Crippen LogP contribution in [0, 0.1) is 6.92 Å². The highest BCUT2D eigenvalue weighted by molar-refractivity contribution is 5.39. The number of rotatable bonds is 5. The summed E-state index contributed by atoms with van der Waals surface area (Å²) in [7, 11) is 0. The van der Waals surface area contributed by atoms with Crippen LogP contribution in [-0.2, 0) is 0 Å². The molecule has 0 radical (unpaired) electrons. The van der Waals surface area contributed by atoms with E-state index >= 15 is 0 Å². The van der Waals surface area contributed by atoms with E-state index in [0.717, 1.165) is 12.3 Å². The van der Waals surface area contributed by atoms with Gasteiger partial charge in [-0.2, -0.15) is 0 Å². The summed E-state index contributed by atoms with van der Waals surface area (Å²) >= 11 is 0. The molecule has 0 saturated heterocycles. The molecule has 1 N–H and O–H groups in total. The predicted molar refractivity (Wildman–Crippen MR) is 69.0 cm³/mol. The van der Waals surface area contributed by atoms with E-state index in [1.54, 1.807) is 0 Å². The van der Waals surface area contributed by atoms with Gasteiger partial charge in [-0.1, -0.05) is 19.1 Å². The number of hydrogen-bond donors (Lipinski definition) is 1. The zero-order valence-electron chi connectivity index (χ0n) is 11.0. The zero-order chi connectivity index (χ0) is 12.1. The Morgan fingerprint density at radius 1 is 1.25 bits per heavy atom. The first-order valence-electron chi connectivity index (χ1n) is 6.05. The molecule has 0 aliphatic heterocycles. The molecule has 0 spiro atoms. The van der Waals surface area contributed by atoms with Crippen molar-refractivity contribution >= 4 is 0 Å². The molecule has 0 heterocycles. The minimum atomic E-state index is 0.217. The fraction of sp³-hybridized carbons (Fsp3) is 0.571. The summed E-state index contributed by atoms with van der Waals surface area (Å²) in [6.07, 6.45) is 0.217. The van der Waals surface area contributed by atoms with Crippen molar-refractivity contribution in [3.8, 4) is 5.75 Å². The quantitative estimate of drug-likeness (QED) is 0.822. The summed E-state index contributed by atoms with van der Waals surface area (Å²) < 4.78 is 5.85. The molecule has 16 heavy (non-hydrogen) atoms. The third kappa shape index (κ3) is 3.53. The van der Waals surface area contributed by atoms with E-state index in [-0.39, 0.29) is 6.10 Å². The molecule has 0 aliphatic carbocycles. The van der Waals surface area contributed by atoms with E-state index in [9.17, 15) is 0 Å². The van der Waals surface area contributed by atoms with Crippen LogP contribution < -0.4 is 10.1 Å². The summed E-state index contributed by atoms with van der Waals surface area (Å²) in [5.41, 5.74) is 2.48. The second kappa shape index (κ2) is 5.90. The maximum atomic E-state index is 5.85. The molecule has 1 aromatic carbocycles. The highest BCUT2D eigenvalue weighted by Gasteiger charge is 2.11. The van der Waals surface area contributed by atoms with Crippen LogP contribution in [0.3, 0.4) is 0 Å². The van der Waals surface area contributed by atoms with Gasteiger partial charge in [0.15, 0.2) is 0 Å². The van der Waals surface area contributed by atoms with Gasteiger partial charge >= 0.3 is 0 Å². The van der Waals surface area contributed by atoms with Crippen LogP contribution in [0.2, 0.25) is 0 Å². The van der Waals surface area contributed by atoms with Gasteiger partial charge < -0.3 is 10.1 Å². The third-order valence-electron chi connectivity index (χ3n) is 2.51. The van der Waals surface area contributed by atoms with Crippen molar-refractivity contribution < 1.29 is 4.74 Å². The summed E-state index contributed by atoms with van der Waals surface area (Å²) in [4.78, 5) is 0. The summed E-state index contributed by atoms with van der Waals surface area (Å²) in [5.74, 6) is 1.00. The molecule has 2 heteroatoms. The van der Waals surface area contributed by atoms with Gasteiger partial charge in [0.2, 0.25) is 0 Å². The molecule has 0 aromatic heterocycles. The van der Waals surface area contributed by atoms with Gasteiger partial charge in [-0.15, -0.1) is 0 Å². The highest BCUT2D eigenvalue weighted by atomic mass is 16.5. The number of benzene rings is 1. The highest BCUT2D eigenvalue weighted by Crippen LogP contribution is 2.27. The zero-order valence-corrected chi connectivity index (χ0v) is 11.0. The van der Waals surface area contributed by atoms with E-state index < -0.39 is 0 Å². The fourth-order valence-electron chi connectivity index (χ4n) is 1.77. The molecular formula is C14H23NO. The molecular weight excluding hydrogens is 198 g/mol. The van der Waals surface area contributed by atoms with Crippen LogP contribution in [0.1, 0.15) is 44.9 Å². The van der Waals surface area contributed by atoms with Gasteiger partial charge in [-0.3, -0.25) is 0 Å². The van der Waals surface area contributed by atoms with Crippen molar-refractivity contribution in [3.05, 3.63) is 29.3 Å². The predicted octanol–water partition coefficient (Wildman–Crippen LogP) is 3.45. The molecule has 0 saturated carbocycles. The average molecular weight is 221 g/mol. The van der Waals surface area contributed by atoms with Gasteiger partial charge in [0.05, 0.1) is 6.10 Å². The van der Waals surface area contributed by atoms with Crippen LogP contribution in [0.5, 0.6) is 5.75 Å². The Hall–Kier alpha value is -1.02. The first-order chi connectivity index (χ1) is 7.54. The largest absolute Gasteiger partial charge is 0.491 e. The lowest BCUT2D eigenvalue weighted by Gasteiger charge is -2.19. The minimum absolute atomic E-state index is 0.217. The second-order valence-corrected chi connectivity index (χ2v) is 4.49. The van der Waals surface area contributed by atoms with Crippen molar-refractivity contribution in [1.29, 1.82) is 0 Å². The Morgan fingerprint density at radius 2 is 1.94 bits per heavy atom. The van der Waals surface area contributed by atoms with Gasteiger partial charge in [-0.25, -0.2) is 0 Å². The first-order valence-corrected chi connectivity index (χ1v) is 6.05. The third-order valence-corrected chi connectivity index (χ3v) is 2.51. The standard InChI is InChI=1S/C14H23NO/c1-6-15-12(5)13-8-7-11(4)9-14(13)16-10(2)3/h7-10,12,15H,6H2,1-5H3. The average Bonchev–Trinajstić information content (AvgIpc) is 2.16. The minimum Gasteiger partial charge on any atom is -0.491 e. The molecule has 1 rings (SSSR count). The molecule has 1 unspecified atom stereocenters. The van der Waals surface area contributed by atoms with E-state index in [1.165, 1.54) is 11.1 Å². The Labute approximate surface area is 99.0 Å². The molecule has 90 valence electrons. The van der Waals surface area contributed by atoms with E-state index in [2.05, 4.69) is 58.1 Å². The maximum absolute atomic E-state index is 5.85. The smallest absolute Gasteiger partial charge is 0.124 e. The van der Waals surface area contributed by atoms with Gasteiger partial charge in [0.1, 0.15) is 5.75 Å². The van der Waals surface area contributed by atoms with E-state index in [4.69, 9.17) is 4.74 Å². The lowest BCUT2D eigenvalue weighted by Crippen LogP contribution is -2.19. The van der Waals surface area contributed by atoms with Gasteiger partial charge in [-0.05, 0) is 45.9 Å². The topological polar surface area (TPSA) is 21.3 Å². The van der Waals surface area contributed by atoms with Crippen LogP contribution in [0.15, 0.2) is 18.2 Å². The Kier molecular flexibility index (Phi) is 4.81. The Balaban J connectivity index is 2.97. The maximum Gasteiger partial charge on any atom is 0.124 e. The van der Waals surface area contributed by atoms with Crippen molar-refractivity contribution in [2.75, 3.05) is 6.54 Å². The molecule has 2 nitrogen and oxygen atoms in total. The molecule has 0 aliphatic rings. The number of aryl methyl sites for hydroxylation is 1. The molecule has 0 bridgehead atoms. The summed E-state index contributed by atoms with van der Waals surface area (Å²) in [5, 5.41) is 3.41. The Bertz CT molecular complexity index is 334. The van der Waals surface area contributed by atoms with Crippen LogP contribution in [-0.4, -0.2) is 12.6 Å². The summed E-state index contributed by atoms with van der Waals surface area (Å²) in [6, 6.07) is 6.74. The van der Waals surface area contributed by atoms with Crippen LogP contribution >= 0.6 is 0 Å². The van der Waals surface area contributed by atoms with Gasteiger partial charge in [0, 0.05) is 11.6 Å². The number of hydrogen-bond acceptors (Lipinski definition) is 2. The molecule has 0 fully saturated rings. The van der Waals surface area contributed by atoms with Gasteiger partial charge in [0.25, 0.3) is 0 Å². The van der Waals surface area contributed by atoms with Crippen LogP contribution in [0.25, 0.3) is 0 Å². The second-order valence-electron chi connectivity index (χ2n) is 4.49. The van der Waals surface area contributed by atoms with Crippen molar-refractivity contribution in [2.45, 2.75) is 46.8 Å². The molecule has 1 atom stereocenters. The normalized spacial score (nSPS) is 12.9. The lowest BCUT2D eigenvalue weighted by atomic mass is 10.0. The first kappa shape index (κ1) is 13.0. The SMILES string of the molecule is CCNC(C)c1ccc(C)cc1OC(C)C. The van der Waals surface area contributed by atoms with Crippen LogP contribution in [0.4, 0.5) is 0 Å². The van der Waals surface area contributed by atoms with E-state index in [0.29, 0.717) is 6.04 Å². The monoisotopic (exact) mass is 221 g/mol. The van der Waals surface area contributed by atoms with Crippen molar-refractivity contribution in [3.63, 3.8) is 0 Å². The number of nitrogens with one attached hydrogen (secondary N) is 1. The summed E-state index contributed by atoms with van der Waals surface area (Å²) in [6.45, 7) is 11.5. The van der Waals surface area contributed by atoms with E-state index in [1.807, 2.05) is 0 Å². The molecule has 0 amide bonds.